The zero-order valence-corrected chi connectivity index (χ0v) is 19.1. The third-order valence-corrected chi connectivity index (χ3v) is 6.51. The van der Waals surface area contributed by atoms with Crippen LogP contribution in [0.15, 0.2) is 72.8 Å². The van der Waals surface area contributed by atoms with Crippen LogP contribution in [0, 0.1) is 0 Å². The van der Waals surface area contributed by atoms with E-state index in [4.69, 9.17) is 16.3 Å². The van der Waals surface area contributed by atoms with E-state index in [-0.39, 0.29) is 35.9 Å². The quantitative estimate of drug-likeness (QED) is 0.528. The van der Waals surface area contributed by atoms with Crippen LogP contribution in [0.5, 0.6) is 0 Å². The third-order valence-electron chi connectivity index (χ3n) is 6.25. The molecule has 5 rings (SSSR count). The molecule has 2 atom stereocenters. The Labute approximate surface area is 202 Å². The van der Waals surface area contributed by atoms with Crippen molar-refractivity contribution in [2.24, 2.45) is 0 Å². The largest absolute Gasteiger partial charge is 0.376 e. The van der Waals surface area contributed by atoms with E-state index in [1.54, 1.807) is 24.3 Å². The fourth-order valence-electron chi connectivity index (χ4n) is 4.46. The zero-order chi connectivity index (χ0) is 23.7. The fourth-order valence-corrected chi connectivity index (χ4v) is 4.59. The highest BCUT2D eigenvalue weighted by molar-refractivity contribution is 6.30. The normalized spacial score (nSPS) is 18.1. The van der Waals surface area contributed by atoms with Crippen molar-refractivity contribution < 1.29 is 19.1 Å². The van der Waals surface area contributed by atoms with E-state index in [9.17, 15) is 14.4 Å². The van der Waals surface area contributed by atoms with Crippen molar-refractivity contribution in [3.05, 3.63) is 106 Å². The predicted molar refractivity (Wildman–Crippen MR) is 128 cm³/mol. The first-order valence-electron chi connectivity index (χ1n) is 11.2. The topological polar surface area (TPSA) is 75.7 Å². The molecule has 172 valence electrons. The standard InChI is InChI=1S/C27H23ClN2O4/c28-20-11-8-18(9-12-20)24(17-5-2-1-3-6-17)29-25(31)19-10-13-22-23(15-19)27(33)30(26(22)32)16-21-7-4-14-34-21/h1-3,5-6,8-13,15,21,24H,4,7,14,16H2,(H,29,31). The summed E-state index contributed by atoms with van der Waals surface area (Å²) in [6.45, 7) is 0.884. The van der Waals surface area contributed by atoms with Gasteiger partial charge in [-0.3, -0.25) is 19.3 Å². The minimum Gasteiger partial charge on any atom is -0.376 e. The lowest BCUT2D eigenvalue weighted by molar-refractivity contribution is 0.0475. The van der Waals surface area contributed by atoms with Gasteiger partial charge in [0.15, 0.2) is 0 Å². The van der Waals surface area contributed by atoms with Crippen LogP contribution in [0.2, 0.25) is 5.02 Å². The van der Waals surface area contributed by atoms with Crippen molar-refractivity contribution in [2.75, 3.05) is 13.2 Å². The molecule has 1 saturated heterocycles. The first-order chi connectivity index (χ1) is 16.5. The molecular weight excluding hydrogens is 452 g/mol. The number of benzene rings is 3. The molecule has 34 heavy (non-hydrogen) atoms. The number of imide groups is 1. The van der Waals surface area contributed by atoms with Gasteiger partial charge in [-0.25, -0.2) is 0 Å². The second kappa shape index (κ2) is 9.41. The number of hydrogen-bond acceptors (Lipinski definition) is 4. The van der Waals surface area contributed by atoms with Crippen LogP contribution in [0.3, 0.4) is 0 Å². The second-order valence-electron chi connectivity index (χ2n) is 8.49. The molecule has 6 nitrogen and oxygen atoms in total. The molecule has 0 spiro atoms. The molecule has 2 aliphatic heterocycles. The van der Waals surface area contributed by atoms with Crippen molar-refractivity contribution in [1.82, 2.24) is 10.2 Å². The summed E-state index contributed by atoms with van der Waals surface area (Å²) in [4.78, 5) is 40.2. The van der Waals surface area contributed by atoms with Crippen LogP contribution in [-0.4, -0.2) is 41.9 Å². The van der Waals surface area contributed by atoms with Gasteiger partial charge in [0, 0.05) is 17.2 Å². The molecule has 3 aromatic carbocycles. The molecule has 3 amide bonds. The minimum atomic E-state index is -0.410. The first-order valence-corrected chi connectivity index (χ1v) is 11.6. The van der Waals surface area contributed by atoms with E-state index in [0.29, 0.717) is 22.8 Å². The van der Waals surface area contributed by atoms with E-state index < -0.39 is 6.04 Å². The maximum Gasteiger partial charge on any atom is 0.261 e. The summed E-state index contributed by atoms with van der Waals surface area (Å²) in [6.07, 6.45) is 1.62. The molecule has 2 aliphatic rings. The average molecular weight is 475 g/mol. The summed E-state index contributed by atoms with van der Waals surface area (Å²) in [5.74, 6) is -1.07. The molecule has 1 fully saturated rings. The summed E-state index contributed by atoms with van der Waals surface area (Å²) in [5, 5.41) is 3.67. The Morgan fingerprint density at radius 3 is 2.38 bits per heavy atom. The molecule has 1 N–H and O–H groups in total. The van der Waals surface area contributed by atoms with Crippen LogP contribution < -0.4 is 5.32 Å². The van der Waals surface area contributed by atoms with Crippen molar-refractivity contribution in [3.63, 3.8) is 0 Å². The molecule has 2 heterocycles. The van der Waals surface area contributed by atoms with Gasteiger partial charge in [0.25, 0.3) is 17.7 Å². The SMILES string of the molecule is O=C(NC(c1ccccc1)c1ccc(Cl)cc1)c1ccc2c(c1)C(=O)N(CC1CCCO1)C2=O. The van der Waals surface area contributed by atoms with Gasteiger partial charge in [-0.1, -0.05) is 54.1 Å². The highest BCUT2D eigenvalue weighted by atomic mass is 35.5. The van der Waals surface area contributed by atoms with Gasteiger partial charge in [-0.2, -0.15) is 0 Å². The van der Waals surface area contributed by atoms with E-state index >= 15 is 0 Å². The van der Waals surface area contributed by atoms with Crippen LogP contribution in [-0.2, 0) is 4.74 Å². The number of ether oxygens (including phenoxy) is 1. The molecular formula is C27H23ClN2O4. The van der Waals surface area contributed by atoms with Crippen LogP contribution >= 0.6 is 11.6 Å². The second-order valence-corrected chi connectivity index (χ2v) is 8.92. The summed E-state index contributed by atoms with van der Waals surface area (Å²) in [7, 11) is 0. The lowest BCUT2D eigenvalue weighted by Gasteiger charge is -2.20. The van der Waals surface area contributed by atoms with Crippen LogP contribution in [0.4, 0.5) is 0 Å². The van der Waals surface area contributed by atoms with Gasteiger partial charge in [-0.05, 0) is 54.3 Å². The number of hydrogen-bond donors (Lipinski definition) is 1. The molecule has 0 aliphatic carbocycles. The van der Waals surface area contributed by atoms with Gasteiger partial charge in [0.2, 0.25) is 0 Å². The van der Waals surface area contributed by atoms with Crippen molar-refractivity contribution in [3.8, 4) is 0 Å². The Bertz CT molecular complexity index is 1240. The third kappa shape index (κ3) is 4.34. The van der Waals surface area contributed by atoms with E-state index in [1.807, 2.05) is 42.5 Å². The summed E-state index contributed by atoms with van der Waals surface area (Å²) in [6, 6.07) is 21.1. The van der Waals surface area contributed by atoms with E-state index in [0.717, 1.165) is 24.0 Å². The number of nitrogens with zero attached hydrogens (tertiary/aromatic N) is 1. The van der Waals surface area contributed by atoms with Gasteiger partial charge >= 0.3 is 0 Å². The zero-order valence-electron chi connectivity index (χ0n) is 18.4. The molecule has 2 unspecified atom stereocenters. The van der Waals surface area contributed by atoms with Gasteiger partial charge in [0.05, 0.1) is 29.8 Å². The maximum absolute atomic E-state index is 13.2. The van der Waals surface area contributed by atoms with Crippen molar-refractivity contribution in [1.29, 1.82) is 0 Å². The Kier molecular flexibility index (Phi) is 6.18. The van der Waals surface area contributed by atoms with Crippen molar-refractivity contribution >= 4 is 29.3 Å². The lowest BCUT2D eigenvalue weighted by atomic mass is 9.98. The Balaban J connectivity index is 1.39. The summed E-state index contributed by atoms with van der Waals surface area (Å²) < 4.78 is 5.59. The molecule has 0 bridgehead atoms. The molecule has 0 aromatic heterocycles. The van der Waals surface area contributed by atoms with Gasteiger partial charge in [-0.15, -0.1) is 0 Å². The Morgan fingerprint density at radius 2 is 1.68 bits per heavy atom. The number of carbonyl (C=O) groups is 3. The monoisotopic (exact) mass is 474 g/mol. The first kappa shape index (κ1) is 22.3. The van der Waals surface area contributed by atoms with Gasteiger partial charge in [0.1, 0.15) is 0 Å². The van der Waals surface area contributed by atoms with Crippen LogP contribution in [0.1, 0.15) is 61.1 Å². The lowest BCUT2D eigenvalue weighted by Crippen LogP contribution is -2.36. The summed E-state index contributed by atoms with van der Waals surface area (Å²) >= 11 is 6.05. The van der Waals surface area contributed by atoms with E-state index in [2.05, 4.69) is 5.32 Å². The average Bonchev–Trinajstić information content (AvgIpc) is 3.46. The highest BCUT2D eigenvalue weighted by Gasteiger charge is 2.38. The number of halogens is 1. The van der Waals surface area contributed by atoms with Crippen LogP contribution in [0.25, 0.3) is 0 Å². The maximum atomic E-state index is 13.2. The van der Waals surface area contributed by atoms with Crippen molar-refractivity contribution in [2.45, 2.75) is 25.0 Å². The highest BCUT2D eigenvalue weighted by Crippen LogP contribution is 2.28. The minimum absolute atomic E-state index is 0.129. The fraction of sp³-hybridized carbons (Fsp3) is 0.222. The Morgan fingerprint density at radius 1 is 0.971 bits per heavy atom. The number of nitrogens with one attached hydrogen (secondary N) is 1. The number of rotatable bonds is 6. The number of fused-ring (bicyclic) bond motifs is 1. The number of carbonyl (C=O) groups excluding carboxylic acids is 3. The predicted octanol–water partition coefficient (Wildman–Crippen LogP) is 4.63. The summed E-state index contributed by atoms with van der Waals surface area (Å²) in [5.41, 5.74) is 2.66. The van der Waals surface area contributed by atoms with E-state index in [1.165, 1.54) is 11.0 Å². The smallest absolute Gasteiger partial charge is 0.261 e. The Hall–Kier alpha value is -3.48. The van der Waals surface area contributed by atoms with Gasteiger partial charge < -0.3 is 10.1 Å². The molecule has 7 heteroatoms. The molecule has 0 saturated carbocycles. The molecule has 3 aromatic rings. The number of amides is 3. The molecule has 0 radical (unpaired) electrons.